The monoisotopic (exact) mass is 210 g/mol. The van der Waals surface area contributed by atoms with Gasteiger partial charge in [-0.25, -0.2) is 4.39 Å². The maximum absolute atomic E-state index is 12.8. The van der Waals surface area contributed by atoms with Crippen molar-refractivity contribution in [1.29, 1.82) is 0 Å². The summed E-state index contributed by atoms with van der Waals surface area (Å²) in [7, 11) is 0. The molecule has 1 aromatic rings. The van der Waals surface area contributed by atoms with Gasteiger partial charge in [0, 0.05) is 18.2 Å². The first-order chi connectivity index (χ1) is 7.17. The van der Waals surface area contributed by atoms with Gasteiger partial charge in [0.1, 0.15) is 5.82 Å². The summed E-state index contributed by atoms with van der Waals surface area (Å²) in [6.45, 7) is 2.32. The van der Waals surface area contributed by atoms with Gasteiger partial charge in [-0.1, -0.05) is 13.0 Å². The van der Waals surface area contributed by atoms with Crippen LogP contribution in [-0.2, 0) is 0 Å². The van der Waals surface area contributed by atoms with Gasteiger partial charge in [0.2, 0.25) is 0 Å². The molecule has 0 aliphatic rings. The average molecular weight is 210 g/mol. The molecular formula is C11H15FN2O. The number of hydrogen-bond acceptors (Lipinski definition) is 2. The number of nitrogens with one attached hydrogen (secondary N) is 1. The second-order valence-electron chi connectivity index (χ2n) is 3.32. The molecule has 1 atom stereocenters. The topological polar surface area (TPSA) is 55.1 Å². The highest BCUT2D eigenvalue weighted by Gasteiger charge is 2.10. The number of carbonyl (C=O) groups is 1. The lowest BCUT2D eigenvalue weighted by molar-refractivity contribution is 0.0936. The van der Waals surface area contributed by atoms with Gasteiger partial charge in [-0.05, 0) is 24.6 Å². The molecule has 3 nitrogen and oxygen atoms in total. The molecule has 0 aliphatic heterocycles. The minimum absolute atomic E-state index is 0.0548. The Balaban J connectivity index is 2.68. The van der Waals surface area contributed by atoms with Crippen LogP contribution in [0.1, 0.15) is 23.7 Å². The summed E-state index contributed by atoms with van der Waals surface area (Å²) in [6, 6.07) is 5.53. The highest BCUT2D eigenvalue weighted by atomic mass is 19.1. The first-order valence-corrected chi connectivity index (χ1v) is 4.94. The summed E-state index contributed by atoms with van der Waals surface area (Å²) in [5.41, 5.74) is 5.77. The fourth-order valence-corrected chi connectivity index (χ4v) is 1.23. The summed E-state index contributed by atoms with van der Waals surface area (Å²) in [6.07, 6.45) is 0.761. The Labute approximate surface area is 88.5 Å². The SMILES string of the molecule is CCC(CN)NC(=O)c1cccc(F)c1. The fraction of sp³-hybridized carbons (Fsp3) is 0.364. The van der Waals surface area contributed by atoms with E-state index in [0.717, 1.165) is 6.42 Å². The van der Waals surface area contributed by atoms with E-state index >= 15 is 0 Å². The van der Waals surface area contributed by atoms with E-state index in [-0.39, 0.29) is 11.9 Å². The third kappa shape index (κ3) is 3.32. The van der Waals surface area contributed by atoms with Crippen molar-refractivity contribution in [1.82, 2.24) is 5.32 Å². The number of rotatable bonds is 4. The number of halogens is 1. The van der Waals surface area contributed by atoms with E-state index in [0.29, 0.717) is 12.1 Å². The van der Waals surface area contributed by atoms with E-state index in [2.05, 4.69) is 5.32 Å². The number of carbonyl (C=O) groups excluding carboxylic acids is 1. The first kappa shape index (κ1) is 11.7. The highest BCUT2D eigenvalue weighted by molar-refractivity contribution is 5.94. The molecule has 1 amide bonds. The maximum atomic E-state index is 12.8. The molecule has 0 aromatic heterocycles. The van der Waals surface area contributed by atoms with E-state index in [4.69, 9.17) is 5.73 Å². The molecule has 82 valence electrons. The van der Waals surface area contributed by atoms with Gasteiger partial charge in [-0.2, -0.15) is 0 Å². The molecule has 4 heteroatoms. The predicted molar refractivity (Wildman–Crippen MR) is 57.0 cm³/mol. The molecule has 0 radical (unpaired) electrons. The molecule has 15 heavy (non-hydrogen) atoms. The Morgan fingerprint density at radius 3 is 2.87 bits per heavy atom. The lowest BCUT2D eigenvalue weighted by Gasteiger charge is -2.14. The summed E-state index contributed by atoms with van der Waals surface area (Å²) >= 11 is 0. The van der Waals surface area contributed by atoms with Gasteiger partial charge >= 0.3 is 0 Å². The van der Waals surface area contributed by atoms with Crippen LogP contribution in [0.3, 0.4) is 0 Å². The molecule has 3 N–H and O–H groups in total. The van der Waals surface area contributed by atoms with Gasteiger partial charge in [0.15, 0.2) is 0 Å². The summed E-state index contributed by atoms with van der Waals surface area (Å²) < 4.78 is 12.8. The maximum Gasteiger partial charge on any atom is 0.251 e. The summed E-state index contributed by atoms with van der Waals surface area (Å²) in [5.74, 6) is -0.699. The lowest BCUT2D eigenvalue weighted by Crippen LogP contribution is -2.39. The van der Waals surface area contributed by atoms with Crippen LogP contribution in [-0.4, -0.2) is 18.5 Å². The van der Waals surface area contributed by atoms with Crippen LogP contribution in [0.15, 0.2) is 24.3 Å². The third-order valence-electron chi connectivity index (χ3n) is 2.20. The largest absolute Gasteiger partial charge is 0.348 e. The van der Waals surface area contributed by atoms with Crippen molar-refractivity contribution in [2.45, 2.75) is 19.4 Å². The van der Waals surface area contributed by atoms with Crippen molar-refractivity contribution < 1.29 is 9.18 Å². The highest BCUT2D eigenvalue weighted by Crippen LogP contribution is 2.03. The standard InChI is InChI=1S/C11H15FN2O/c1-2-10(7-13)14-11(15)8-4-3-5-9(12)6-8/h3-6,10H,2,7,13H2,1H3,(H,14,15). The first-order valence-electron chi connectivity index (χ1n) is 4.94. The van der Waals surface area contributed by atoms with E-state index in [1.54, 1.807) is 6.07 Å². The van der Waals surface area contributed by atoms with Crippen LogP contribution in [0.25, 0.3) is 0 Å². The van der Waals surface area contributed by atoms with Crippen LogP contribution < -0.4 is 11.1 Å². The molecule has 1 rings (SSSR count). The number of benzene rings is 1. The molecule has 0 aliphatic carbocycles. The molecule has 1 unspecified atom stereocenters. The minimum Gasteiger partial charge on any atom is -0.348 e. The zero-order valence-corrected chi connectivity index (χ0v) is 8.66. The van der Waals surface area contributed by atoms with Gasteiger partial charge in [-0.15, -0.1) is 0 Å². The van der Waals surface area contributed by atoms with Gasteiger partial charge in [-0.3, -0.25) is 4.79 Å². The van der Waals surface area contributed by atoms with E-state index < -0.39 is 5.82 Å². The molecule has 0 bridgehead atoms. The second kappa shape index (κ2) is 5.46. The average Bonchev–Trinajstić information content (AvgIpc) is 2.25. The Hall–Kier alpha value is -1.42. The number of amides is 1. The predicted octanol–water partition coefficient (Wildman–Crippen LogP) is 1.29. The van der Waals surface area contributed by atoms with Crippen molar-refractivity contribution in [3.8, 4) is 0 Å². The van der Waals surface area contributed by atoms with Gasteiger partial charge in [0.05, 0.1) is 0 Å². The van der Waals surface area contributed by atoms with E-state index in [1.165, 1.54) is 18.2 Å². The van der Waals surface area contributed by atoms with Crippen molar-refractivity contribution in [3.63, 3.8) is 0 Å². The molecular weight excluding hydrogens is 195 g/mol. The number of nitrogens with two attached hydrogens (primary N) is 1. The van der Waals surface area contributed by atoms with E-state index in [1.807, 2.05) is 6.92 Å². The quantitative estimate of drug-likeness (QED) is 0.786. The van der Waals surface area contributed by atoms with Crippen molar-refractivity contribution in [2.24, 2.45) is 5.73 Å². The van der Waals surface area contributed by atoms with Crippen molar-refractivity contribution in [3.05, 3.63) is 35.6 Å². The normalized spacial score (nSPS) is 12.2. The van der Waals surface area contributed by atoms with Crippen LogP contribution >= 0.6 is 0 Å². The third-order valence-corrected chi connectivity index (χ3v) is 2.20. The minimum atomic E-state index is -0.413. The summed E-state index contributed by atoms with van der Waals surface area (Å²) in [5, 5.41) is 2.73. The van der Waals surface area contributed by atoms with Gasteiger partial charge < -0.3 is 11.1 Å². The lowest BCUT2D eigenvalue weighted by atomic mass is 10.1. The zero-order chi connectivity index (χ0) is 11.3. The zero-order valence-electron chi connectivity index (χ0n) is 8.66. The molecule has 0 spiro atoms. The van der Waals surface area contributed by atoms with Gasteiger partial charge in [0.25, 0.3) is 5.91 Å². The fourth-order valence-electron chi connectivity index (χ4n) is 1.23. The van der Waals surface area contributed by atoms with Crippen molar-refractivity contribution in [2.75, 3.05) is 6.54 Å². The molecule has 0 heterocycles. The van der Waals surface area contributed by atoms with E-state index in [9.17, 15) is 9.18 Å². The van der Waals surface area contributed by atoms with Crippen molar-refractivity contribution >= 4 is 5.91 Å². The molecule has 1 aromatic carbocycles. The molecule has 0 saturated heterocycles. The van der Waals surface area contributed by atoms with Crippen LogP contribution in [0.4, 0.5) is 4.39 Å². The Kier molecular flexibility index (Phi) is 4.24. The smallest absolute Gasteiger partial charge is 0.251 e. The molecule has 0 fully saturated rings. The van der Waals surface area contributed by atoms with Crippen LogP contribution in [0, 0.1) is 5.82 Å². The summed E-state index contributed by atoms with van der Waals surface area (Å²) in [4.78, 5) is 11.6. The Morgan fingerprint density at radius 2 is 2.33 bits per heavy atom. The Morgan fingerprint density at radius 1 is 1.60 bits per heavy atom. The number of hydrogen-bond donors (Lipinski definition) is 2. The van der Waals surface area contributed by atoms with Crippen LogP contribution in [0.2, 0.25) is 0 Å². The van der Waals surface area contributed by atoms with Crippen LogP contribution in [0.5, 0.6) is 0 Å². The second-order valence-corrected chi connectivity index (χ2v) is 3.32. The molecule has 0 saturated carbocycles. The Bertz CT molecular complexity index is 337.